The van der Waals surface area contributed by atoms with Crippen LogP contribution in [0.5, 0.6) is 0 Å². The van der Waals surface area contributed by atoms with E-state index in [0.29, 0.717) is 9.21 Å². The van der Waals surface area contributed by atoms with Crippen LogP contribution in [0.4, 0.5) is 5.69 Å². The van der Waals surface area contributed by atoms with Gasteiger partial charge in [-0.05, 0) is 37.1 Å². The Morgan fingerprint density at radius 1 is 1.18 bits per heavy atom. The van der Waals surface area contributed by atoms with Crippen LogP contribution < -0.4 is 5.32 Å². The number of nitrogens with zero attached hydrogens (tertiary/aromatic N) is 1. The zero-order chi connectivity index (χ0) is 16.3. The molecular weight excluding hydrogens is 320 g/mol. The molecule has 0 aliphatic carbocycles. The van der Waals surface area contributed by atoms with E-state index in [-0.39, 0.29) is 18.4 Å². The van der Waals surface area contributed by atoms with Crippen molar-refractivity contribution in [2.24, 2.45) is 0 Å². The van der Waals surface area contributed by atoms with Crippen molar-refractivity contribution in [1.29, 1.82) is 0 Å². The standard InChI is InChI=1S/C16H17ClN2O2S/c1-10-5-4-6-11(2)15(10)18-14(20)9-19(3)16(21)12-7-8-13(17)22-12/h4-8H,9H2,1-3H3,(H,18,20). The third-order valence-corrected chi connectivity index (χ3v) is 4.48. The molecule has 2 rings (SSSR count). The highest BCUT2D eigenvalue weighted by Crippen LogP contribution is 2.23. The molecular formula is C16H17ClN2O2S. The van der Waals surface area contributed by atoms with E-state index in [1.807, 2.05) is 32.0 Å². The molecule has 0 saturated heterocycles. The maximum atomic E-state index is 12.2. The fourth-order valence-corrected chi connectivity index (χ4v) is 3.13. The van der Waals surface area contributed by atoms with Gasteiger partial charge < -0.3 is 10.2 Å². The predicted molar refractivity (Wildman–Crippen MR) is 90.8 cm³/mol. The molecule has 1 heterocycles. The van der Waals surface area contributed by atoms with Crippen molar-refractivity contribution in [3.63, 3.8) is 0 Å². The minimum absolute atomic E-state index is 0.0118. The number of aryl methyl sites for hydroxylation is 2. The van der Waals surface area contributed by atoms with Crippen LogP contribution >= 0.6 is 22.9 Å². The number of anilines is 1. The van der Waals surface area contributed by atoms with E-state index in [1.165, 1.54) is 16.2 Å². The molecule has 1 N–H and O–H groups in total. The van der Waals surface area contributed by atoms with Gasteiger partial charge in [0.15, 0.2) is 0 Å². The van der Waals surface area contributed by atoms with E-state index < -0.39 is 0 Å². The van der Waals surface area contributed by atoms with Crippen LogP contribution in [-0.4, -0.2) is 30.3 Å². The van der Waals surface area contributed by atoms with Gasteiger partial charge in [0, 0.05) is 12.7 Å². The lowest BCUT2D eigenvalue weighted by molar-refractivity contribution is -0.116. The summed E-state index contributed by atoms with van der Waals surface area (Å²) in [4.78, 5) is 26.2. The Morgan fingerprint density at radius 3 is 2.36 bits per heavy atom. The van der Waals surface area contributed by atoms with Gasteiger partial charge in [-0.25, -0.2) is 0 Å². The van der Waals surface area contributed by atoms with Crippen molar-refractivity contribution in [3.05, 3.63) is 50.7 Å². The lowest BCUT2D eigenvalue weighted by Gasteiger charge is -2.17. The van der Waals surface area contributed by atoms with Crippen LogP contribution in [0.3, 0.4) is 0 Å². The Hall–Kier alpha value is -1.85. The molecule has 0 aliphatic rings. The van der Waals surface area contributed by atoms with E-state index in [0.717, 1.165) is 16.8 Å². The number of carbonyl (C=O) groups is 2. The minimum atomic E-state index is -0.226. The number of benzene rings is 1. The van der Waals surface area contributed by atoms with Gasteiger partial charge >= 0.3 is 0 Å². The Morgan fingerprint density at radius 2 is 1.82 bits per heavy atom. The molecule has 0 radical (unpaired) electrons. The van der Waals surface area contributed by atoms with Crippen molar-refractivity contribution in [1.82, 2.24) is 4.90 Å². The largest absolute Gasteiger partial charge is 0.332 e. The topological polar surface area (TPSA) is 49.4 Å². The zero-order valence-electron chi connectivity index (χ0n) is 12.6. The summed E-state index contributed by atoms with van der Waals surface area (Å²) in [6, 6.07) is 9.14. The van der Waals surface area contributed by atoms with Crippen LogP contribution in [-0.2, 0) is 4.79 Å². The third kappa shape index (κ3) is 3.87. The van der Waals surface area contributed by atoms with E-state index >= 15 is 0 Å². The maximum absolute atomic E-state index is 12.2. The Kier molecular flexibility index (Phi) is 5.21. The molecule has 0 fully saturated rings. The van der Waals surface area contributed by atoms with Crippen LogP contribution in [0.1, 0.15) is 20.8 Å². The van der Waals surface area contributed by atoms with Gasteiger partial charge in [-0.15, -0.1) is 11.3 Å². The van der Waals surface area contributed by atoms with Gasteiger partial charge in [0.1, 0.15) is 0 Å². The molecule has 6 heteroatoms. The summed E-state index contributed by atoms with van der Waals surface area (Å²) in [6.45, 7) is 3.86. The molecule has 1 aromatic heterocycles. The first-order valence-electron chi connectivity index (χ1n) is 6.75. The van der Waals surface area contributed by atoms with E-state index in [4.69, 9.17) is 11.6 Å². The van der Waals surface area contributed by atoms with E-state index in [1.54, 1.807) is 19.2 Å². The first-order chi connectivity index (χ1) is 10.4. The Bertz CT molecular complexity index is 692. The quantitative estimate of drug-likeness (QED) is 0.924. The lowest BCUT2D eigenvalue weighted by atomic mass is 10.1. The van der Waals surface area contributed by atoms with Crippen LogP contribution in [0.2, 0.25) is 4.34 Å². The molecule has 1 aromatic carbocycles. The number of hydrogen-bond donors (Lipinski definition) is 1. The molecule has 0 bridgehead atoms. The summed E-state index contributed by atoms with van der Waals surface area (Å²) in [5.41, 5.74) is 2.78. The first-order valence-corrected chi connectivity index (χ1v) is 7.95. The summed E-state index contributed by atoms with van der Waals surface area (Å²) in [6.07, 6.45) is 0. The Balaban J connectivity index is 2.01. The molecule has 22 heavy (non-hydrogen) atoms. The molecule has 116 valence electrons. The van der Waals surface area contributed by atoms with Gasteiger partial charge in [-0.3, -0.25) is 9.59 Å². The zero-order valence-corrected chi connectivity index (χ0v) is 14.2. The number of thiophene rings is 1. The highest BCUT2D eigenvalue weighted by molar-refractivity contribution is 7.17. The normalized spacial score (nSPS) is 10.4. The van der Waals surface area contributed by atoms with Crippen molar-refractivity contribution < 1.29 is 9.59 Å². The molecule has 0 saturated carbocycles. The van der Waals surface area contributed by atoms with Gasteiger partial charge in [-0.2, -0.15) is 0 Å². The first kappa shape index (κ1) is 16.5. The highest BCUT2D eigenvalue weighted by Gasteiger charge is 2.17. The van der Waals surface area contributed by atoms with Crippen LogP contribution in [0, 0.1) is 13.8 Å². The predicted octanol–water partition coefficient (Wildman–Crippen LogP) is 3.73. The van der Waals surface area contributed by atoms with Gasteiger partial charge in [-0.1, -0.05) is 29.8 Å². The number of hydrogen-bond acceptors (Lipinski definition) is 3. The number of carbonyl (C=O) groups excluding carboxylic acids is 2. The smallest absolute Gasteiger partial charge is 0.264 e. The van der Waals surface area contributed by atoms with Gasteiger partial charge in [0.05, 0.1) is 15.8 Å². The third-order valence-electron chi connectivity index (χ3n) is 3.26. The van der Waals surface area contributed by atoms with Gasteiger partial charge in [0.25, 0.3) is 5.91 Å². The number of para-hydroxylation sites is 1. The van der Waals surface area contributed by atoms with E-state index in [9.17, 15) is 9.59 Å². The van der Waals surface area contributed by atoms with Crippen LogP contribution in [0.25, 0.3) is 0 Å². The number of nitrogens with one attached hydrogen (secondary N) is 1. The fraction of sp³-hybridized carbons (Fsp3) is 0.250. The highest BCUT2D eigenvalue weighted by atomic mass is 35.5. The monoisotopic (exact) mass is 336 g/mol. The molecule has 0 spiro atoms. The summed E-state index contributed by atoms with van der Waals surface area (Å²) < 4.78 is 0.553. The second kappa shape index (κ2) is 6.94. The average Bonchev–Trinajstić information content (AvgIpc) is 2.88. The van der Waals surface area contributed by atoms with Gasteiger partial charge in [0.2, 0.25) is 5.91 Å². The lowest BCUT2D eigenvalue weighted by Crippen LogP contribution is -2.34. The van der Waals surface area contributed by atoms with Crippen LogP contribution in [0.15, 0.2) is 30.3 Å². The Labute approximate surface area is 138 Å². The molecule has 4 nitrogen and oxygen atoms in total. The molecule has 0 aliphatic heterocycles. The number of likely N-dealkylation sites (N-methyl/N-ethyl adjacent to an activating group) is 1. The number of amides is 2. The van der Waals surface area contributed by atoms with E-state index in [2.05, 4.69) is 5.32 Å². The maximum Gasteiger partial charge on any atom is 0.264 e. The molecule has 0 unspecified atom stereocenters. The molecule has 2 amide bonds. The number of halogens is 1. The fourth-order valence-electron chi connectivity index (χ4n) is 2.10. The second-order valence-electron chi connectivity index (χ2n) is 5.08. The van der Waals surface area contributed by atoms with Crippen molar-refractivity contribution >= 4 is 40.4 Å². The summed E-state index contributed by atoms with van der Waals surface area (Å²) >= 11 is 7.03. The summed E-state index contributed by atoms with van der Waals surface area (Å²) in [5.74, 6) is -0.440. The SMILES string of the molecule is Cc1cccc(C)c1NC(=O)CN(C)C(=O)c1ccc(Cl)s1. The average molecular weight is 337 g/mol. The van der Waals surface area contributed by atoms with Crippen molar-refractivity contribution in [2.45, 2.75) is 13.8 Å². The summed E-state index contributed by atoms with van der Waals surface area (Å²) in [7, 11) is 1.60. The second-order valence-corrected chi connectivity index (χ2v) is 6.80. The molecule has 2 aromatic rings. The van der Waals surface area contributed by atoms with Crippen molar-refractivity contribution in [2.75, 3.05) is 18.9 Å². The van der Waals surface area contributed by atoms with Crippen molar-refractivity contribution in [3.8, 4) is 0 Å². The summed E-state index contributed by atoms with van der Waals surface area (Å²) in [5, 5.41) is 2.87. The molecule has 0 atom stereocenters. The number of rotatable bonds is 4. The minimum Gasteiger partial charge on any atom is -0.332 e.